The highest BCUT2D eigenvalue weighted by atomic mass is 16.6. The molecule has 0 aromatic heterocycles. The normalized spacial score (nSPS) is 13.6. The van der Waals surface area contributed by atoms with E-state index in [1.165, 1.54) is 0 Å². The van der Waals surface area contributed by atoms with Crippen LogP contribution in [0, 0.1) is 5.41 Å². The molecule has 1 atom stereocenters. The predicted octanol–water partition coefficient (Wildman–Crippen LogP) is 1.00. The molecule has 112 valence electrons. The number of hydrogen-bond acceptors (Lipinski definition) is 4. The van der Waals surface area contributed by atoms with E-state index >= 15 is 0 Å². The van der Waals surface area contributed by atoms with Gasteiger partial charge >= 0.3 is 6.09 Å². The van der Waals surface area contributed by atoms with Crippen molar-refractivity contribution in [1.29, 1.82) is 0 Å². The SMILES string of the molecule is CC(C)(C)OC(=O)N[C@H](C(=O)NCCN)C(C)(C)C. The van der Waals surface area contributed by atoms with Crippen LogP contribution in [0.5, 0.6) is 0 Å². The number of ether oxygens (including phenoxy) is 1. The molecule has 0 fully saturated rings. The summed E-state index contributed by atoms with van der Waals surface area (Å²) in [5.41, 5.74) is 4.33. The van der Waals surface area contributed by atoms with Crippen molar-refractivity contribution in [1.82, 2.24) is 10.6 Å². The number of nitrogens with two attached hydrogens (primary N) is 1. The molecule has 6 heteroatoms. The summed E-state index contributed by atoms with van der Waals surface area (Å²) in [5, 5.41) is 5.28. The third-order valence-corrected chi connectivity index (χ3v) is 2.23. The molecule has 0 unspecified atom stereocenters. The molecule has 0 saturated carbocycles. The zero-order valence-electron chi connectivity index (χ0n) is 12.8. The van der Waals surface area contributed by atoms with Gasteiger partial charge < -0.3 is 21.1 Å². The van der Waals surface area contributed by atoms with Crippen LogP contribution in [-0.4, -0.2) is 36.7 Å². The molecule has 0 rings (SSSR count). The average Bonchev–Trinajstić information content (AvgIpc) is 2.18. The molecule has 0 heterocycles. The maximum absolute atomic E-state index is 12.0. The quantitative estimate of drug-likeness (QED) is 0.712. The molecule has 0 aromatic carbocycles. The highest BCUT2D eigenvalue weighted by Gasteiger charge is 2.33. The van der Waals surface area contributed by atoms with Crippen LogP contribution >= 0.6 is 0 Å². The van der Waals surface area contributed by atoms with Crippen molar-refractivity contribution in [3.05, 3.63) is 0 Å². The Hall–Kier alpha value is -1.30. The fraction of sp³-hybridized carbons (Fsp3) is 0.846. The summed E-state index contributed by atoms with van der Waals surface area (Å²) < 4.78 is 5.16. The van der Waals surface area contributed by atoms with Gasteiger partial charge in [0, 0.05) is 13.1 Å². The first-order chi connectivity index (χ1) is 8.47. The molecule has 0 spiro atoms. The molecule has 0 aliphatic heterocycles. The summed E-state index contributed by atoms with van der Waals surface area (Å²) in [6.45, 7) is 11.7. The van der Waals surface area contributed by atoms with E-state index in [0.29, 0.717) is 13.1 Å². The zero-order valence-corrected chi connectivity index (χ0v) is 12.8. The summed E-state index contributed by atoms with van der Waals surface area (Å²) >= 11 is 0. The first kappa shape index (κ1) is 17.7. The Morgan fingerprint density at radius 3 is 2.05 bits per heavy atom. The van der Waals surface area contributed by atoms with E-state index in [9.17, 15) is 9.59 Å². The Kier molecular flexibility index (Phi) is 6.29. The van der Waals surface area contributed by atoms with Crippen molar-refractivity contribution >= 4 is 12.0 Å². The van der Waals surface area contributed by atoms with E-state index in [1.807, 2.05) is 20.8 Å². The molecule has 0 saturated heterocycles. The fourth-order valence-corrected chi connectivity index (χ4v) is 1.40. The lowest BCUT2D eigenvalue weighted by molar-refractivity contribution is -0.125. The van der Waals surface area contributed by atoms with Crippen LogP contribution in [-0.2, 0) is 9.53 Å². The molecule has 6 nitrogen and oxygen atoms in total. The maximum Gasteiger partial charge on any atom is 0.408 e. The van der Waals surface area contributed by atoms with E-state index in [1.54, 1.807) is 20.8 Å². The first-order valence-corrected chi connectivity index (χ1v) is 6.44. The van der Waals surface area contributed by atoms with Crippen LogP contribution in [0.1, 0.15) is 41.5 Å². The molecular weight excluding hydrogens is 246 g/mol. The monoisotopic (exact) mass is 273 g/mol. The first-order valence-electron chi connectivity index (χ1n) is 6.44. The molecule has 2 amide bonds. The number of nitrogens with one attached hydrogen (secondary N) is 2. The molecule has 0 radical (unpaired) electrons. The Morgan fingerprint density at radius 1 is 1.16 bits per heavy atom. The number of rotatable bonds is 4. The highest BCUT2D eigenvalue weighted by molar-refractivity contribution is 5.86. The largest absolute Gasteiger partial charge is 0.444 e. The van der Waals surface area contributed by atoms with Gasteiger partial charge in [-0.15, -0.1) is 0 Å². The summed E-state index contributed by atoms with van der Waals surface area (Å²) in [6.07, 6.45) is -0.602. The van der Waals surface area contributed by atoms with Gasteiger partial charge in [-0.05, 0) is 26.2 Å². The minimum Gasteiger partial charge on any atom is -0.444 e. The summed E-state index contributed by atoms with van der Waals surface area (Å²) in [7, 11) is 0. The summed E-state index contributed by atoms with van der Waals surface area (Å²) in [4.78, 5) is 23.8. The van der Waals surface area contributed by atoms with Crippen LogP contribution in [0.4, 0.5) is 4.79 Å². The minimum atomic E-state index is -0.672. The van der Waals surface area contributed by atoms with Gasteiger partial charge in [0.2, 0.25) is 5.91 Å². The van der Waals surface area contributed by atoms with Gasteiger partial charge in [-0.3, -0.25) is 4.79 Å². The van der Waals surface area contributed by atoms with Gasteiger partial charge in [0.25, 0.3) is 0 Å². The lowest BCUT2D eigenvalue weighted by atomic mass is 9.86. The van der Waals surface area contributed by atoms with E-state index in [-0.39, 0.29) is 5.91 Å². The number of carbonyl (C=O) groups excluding carboxylic acids is 2. The molecule has 0 aliphatic rings. The third kappa shape index (κ3) is 7.66. The van der Waals surface area contributed by atoms with Crippen LogP contribution < -0.4 is 16.4 Å². The fourth-order valence-electron chi connectivity index (χ4n) is 1.40. The predicted molar refractivity (Wildman–Crippen MR) is 74.7 cm³/mol. The molecule has 0 bridgehead atoms. The van der Waals surface area contributed by atoms with Crippen LogP contribution in [0.3, 0.4) is 0 Å². The van der Waals surface area contributed by atoms with Crippen LogP contribution in [0.25, 0.3) is 0 Å². The Bertz CT molecular complexity index is 316. The molecule has 19 heavy (non-hydrogen) atoms. The lowest BCUT2D eigenvalue weighted by Gasteiger charge is -2.31. The second kappa shape index (κ2) is 6.75. The van der Waals surface area contributed by atoms with Gasteiger partial charge in [0.1, 0.15) is 11.6 Å². The topological polar surface area (TPSA) is 93.4 Å². The van der Waals surface area contributed by atoms with E-state index < -0.39 is 23.2 Å². The van der Waals surface area contributed by atoms with Gasteiger partial charge in [-0.2, -0.15) is 0 Å². The Morgan fingerprint density at radius 2 is 1.68 bits per heavy atom. The highest BCUT2D eigenvalue weighted by Crippen LogP contribution is 2.20. The second-order valence-corrected chi connectivity index (χ2v) is 6.52. The number of hydrogen-bond donors (Lipinski definition) is 3. The van der Waals surface area contributed by atoms with E-state index in [4.69, 9.17) is 10.5 Å². The van der Waals surface area contributed by atoms with Crippen molar-refractivity contribution in [3.63, 3.8) is 0 Å². The average molecular weight is 273 g/mol. The van der Waals surface area contributed by atoms with Crippen LogP contribution in [0.15, 0.2) is 0 Å². The van der Waals surface area contributed by atoms with Crippen molar-refractivity contribution in [2.75, 3.05) is 13.1 Å². The van der Waals surface area contributed by atoms with Crippen molar-refractivity contribution in [2.45, 2.75) is 53.2 Å². The van der Waals surface area contributed by atoms with Gasteiger partial charge in [0.15, 0.2) is 0 Å². The number of carbonyl (C=O) groups is 2. The third-order valence-electron chi connectivity index (χ3n) is 2.23. The molecule has 4 N–H and O–H groups in total. The zero-order chi connectivity index (χ0) is 15.3. The van der Waals surface area contributed by atoms with E-state index in [2.05, 4.69) is 10.6 Å². The van der Waals surface area contributed by atoms with Gasteiger partial charge in [-0.25, -0.2) is 4.79 Å². The van der Waals surface area contributed by atoms with Gasteiger partial charge in [-0.1, -0.05) is 20.8 Å². The number of alkyl carbamates (subject to hydrolysis) is 1. The molecule has 0 aromatic rings. The second-order valence-electron chi connectivity index (χ2n) is 6.52. The maximum atomic E-state index is 12.0. The van der Waals surface area contributed by atoms with Crippen molar-refractivity contribution in [2.24, 2.45) is 11.1 Å². The standard InChI is InChI=1S/C13H27N3O3/c1-12(2,3)9(10(17)15-8-7-14)16-11(18)19-13(4,5)6/h9H,7-8,14H2,1-6H3,(H,15,17)(H,16,18)/t9-/m1/s1. The molecular formula is C13H27N3O3. The van der Waals surface area contributed by atoms with Crippen molar-refractivity contribution < 1.29 is 14.3 Å². The molecule has 0 aliphatic carbocycles. The van der Waals surface area contributed by atoms with Crippen molar-refractivity contribution in [3.8, 4) is 0 Å². The lowest BCUT2D eigenvalue weighted by Crippen LogP contribution is -2.54. The minimum absolute atomic E-state index is 0.260. The van der Waals surface area contributed by atoms with Gasteiger partial charge in [0.05, 0.1) is 0 Å². The number of amides is 2. The Balaban J connectivity index is 4.71. The summed E-state index contributed by atoms with van der Waals surface area (Å²) in [6, 6.07) is -0.672. The smallest absolute Gasteiger partial charge is 0.408 e. The van der Waals surface area contributed by atoms with Crippen LogP contribution in [0.2, 0.25) is 0 Å². The Labute approximate surface area is 115 Å². The summed E-state index contributed by atoms with van der Waals surface area (Å²) in [5.74, 6) is -0.260. The van der Waals surface area contributed by atoms with E-state index in [0.717, 1.165) is 0 Å².